The second kappa shape index (κ2) is 7.97. The molecule has 0 aliphatic carbocycles. The van der Waals surface area contributed by atoms with Crippen molar-refractivity contribution in [1.82, 2.24) is 4.90 Å². The summed E-state index contributed by atoms with van der Waals surface area (Å²) in [6.45, 7) is 3.61. The Hall–Kier alpha value is -1.84. The van der Waals surface area contributed by atoms with Gasteiger partial charge in [-0.15, -0.1) is 0 Å². The van der Waals surface area contributed by atoms with E-state index in [-0.39, 0.29) is 6.10 Å². The lowest BCUT2D eigenvalue weighted by atomic mass is 10.0. The number of rotatable bonds is 7. The Morgan fingerprint density at radius 3 is 2.41 bits per heavy atom. The molecular weight excluding hydrogens is 274 g/mol. The van der Waals surface area contributed by atoms with Crippen molar-refractivity contribution < 1.29 is 9.84 Å². The summed E-state index contributed by atoms with van der Waals surface area (Å²) in [7, 11) is 3.78. The molecule has 0 amide bonds. The molecule has 3 heteroatoms. The van der Waals surface area contributed by atoms with Crippen molar-refractivity contribution in [2.75, 3.05) is 20.7 Å². The molecule has 3 nitrogen and oxygen atoms in total. The monoisotopic (exact) mass is 299 g/mol. The zero-order valence-corrected chi connectivity index (χ0v) is 13.6. The van der Waals surface area contributed by atoms with Gasteiger partial charge in [0.05, 0.1) is 13.2 Å². The van der Waals surface area contributed by atoms with E-state index in [1.165, 1.54) is 5.56 Å². The summed E-state index contributed by atoms with van der Waals surface area (Å²) in [4.78, 5) is 2.23. The topological polar surface area (TPSA) is 32.7 Å². The molecule has 22 heavy (non-hydrogen) atoms. The summed E-state index contributed by atoms with van der Waals surface area (Å²) in [5.41, 5.74) is 3.54. The van der Waals surface area contributed by atoms with Gasteiger partial charge in [-0.05, 0) is 37.6 Å². The smallest absolute Gasteiger partial charge is 0.126 e. The van der Waals surface area contributed by atoms with Crippen molar-refractivity contribution in [2.45, 2.75) is 26.0 Å². The van der Waals surface area contributed by atoms with Crippen LogP contribution in [0.1, 0.15) is 18.9 Å². The number of nitrogens with zero attached hydrogens (tertiary/aromatic N) is 1. The minimum atomic E-state index is -0.240. The third-order valence-electron chi connectivity index (χ3n) is 3.75. The van der Waals surface area contributed by atoms with Crippen molar-refractivity contribution in [3.05, 3.63) is 54.1 Å². The van der Waals surface area contributed by atoms with Gasteiger partial charge in [-0.25, -0.2) is 0 Å². The molecule has 0 aliphatic rings. The average Bonchev–Trinajstić information content (AvgIpc) is 2.53. The fraction of sp³-hybridized carbons (Fsp3) is 0.368. The van der Waals surface area contributed by atoms with Crippen LogP contribution in [0, 0.1) is 0 Å². The molecule has 1 atom stereocenters. The summed E-state index contributed by atoms with van der Waals surface area (Å²) < 4.78 is 5.42. The van der Waals surface area contributed by atoms with Crippen molar-refractivity contribution in [3.8, 4) is 16.9 Å². The minimum absolute atomic E-state index is 0.240. The summed E-state index contributed by atoms with van der Waals surface area (Å²) in [5, 5.41) is 9.34. The highest BCUT2D eigenvalue weighted by Gasteiger charge is 2.06. The predicted octanol–water partition coefficient (Wildman–Crippen LogP) is 3.56. The van der Waals surface area contributed by atoms with Crippen LogP contribution in [0.2, 0.25) is 0 Å². The van der Waals surface area contributed by atoms with Crippen LogP contribution in [0.3, 0.4) is 0 Å². The van der Waals surface area contributed by atoms with Crippen LogP contribution in [0.25, 0.3) is 11.1 Å². The number of methoxy groups -OCH3 is 1. The molecule has 1 N–H and O–H groups in total. The summed E-state index contributed by atoms with van der Waals surface area (Å²) in [5.74, 6) is 0.893. The van der Waals surface area contributed by atoms with Crippen LogP contribution in [0.4, 0.5) is 0 Å². The minimum Gasteiger partial charge on any atom is -0.496 e. The van der Waals surface area contributed by atoms with E-state index in [4.69, 9.17) is 4.74 Å². The van der Waals surface area contributed by atoms with E-state index in [0.717, 1.165) is 36.4 Å². The van der Waals surface area contributed by atoms with Gasteiger partial charge < -0.3 is 14.7 Å². The maximum absolute atomic E-state index is 9.34. The second-order valence-electron chi connectivity index (χ2n) is 5.77. The van der Waals surface area contributed by atoms with Gasteiger partial charge in [0, 0.05) is 18.7 Å². The fourth-order valence-electron chi connectivity index (χ4n) is 2.47. The summed E-state index contributed by atoms with van der Waals surface area (Å²) in [6, 6.07) is 16.6. The molecule has 2 rings (SSSR count). The molecule has 1 unspecified atom stereocenters. The van der Waals surface area contributed by atoms with E-state index in [2.05, 4.69) is 42.3 Å². The van der Waals surface area contributed by atoms with Crippen LogP contribution < -0.4 is 4.74 Å². The maximum atomic E-state index is 9.34. The van der Waals surface area contributed by atoms with E-state index in [1.807, 2.05) is 25.1 Å². The van der Waals surface area contributed by atoms with Crippen molar-refractivity contribution in [3.63, 3.8) is 0 Å². The molecule has 0 heterocycles. The number of hydrogen-bond acceptors (Lipinski definition) is 3. The van der Waals surface area contributed by atoms with Gasteiger partial charge in [0.1, 0.15) is 5.75 Å². The van der Waals surface area contributed by atoms with Gasteiger partial charge in [-0.2, -0.15) is 0 Å². The summed E-state index contributed by atoms with van der Waals surface area (Å²) in [6.07, 6.45) is 0.561. The molecule has 118 valence electrons. The number of aliphatic hydroxyl groups is 1. The first-order chi connectivity index (χ1) is 10.6. The summed E-state index contributed by atoms with van der Waals surface area (Å²) >= 11 is 0. The molecule has 0 aliphatic heterocycles. The molecular formula is C19H25NO2. The standard InChI is InChI=1S/C19H25NO2/c1-15(21)12-13-20(2)14-16-8-10-17(11-9-16)18-6-4-5-7-19(18)22-3/h4-11,15,21H,12-14H2,1-3H3. The van der Waals surface area contributed by atoms with E-state index >= 15 is 0 Å². The molecule has 0 spiro atoms. The van der Waals surface area contributed by atoms with E-state index in [1.54, 1.807) is 7.11 Å². The predicted molar refractivity (Wildman–Crippen MR) is 91.1 cm³/mol. The second-order valence-corrected chi connectivity index (χ2v) is 5.77. The molecule has 0 saturated carbocycles. The molecule has 2 aromatic rings. The van der Waals surface area contributed by atoms with Gasteiger partial charge in [0.25, 0.3) is 0 Å². The quantitative estimate of drug-likeness (QED) is 0.848. The SMILES string of the molecule is COc1ccccc1-c1ccc(CN(C)CCC(C)O)cc1. The Balaban J connectivity index is 2.04. The average molecular weight is 299 g/mol. The van der Waals surface area contributed by atoms with Gasteiger partial charge in [-0.3, -0.25) is 0 Å². The number of aliphatic hydroxyl groups excluding tert-OH is 1. The first-order valence-corrected chi connectivity index (χ1v) is 7.69. The van der Waals surface area contributed by atoms with Gasteiger partial charge in [0.15, 0.2) is 0 Å². The number of para-hydroxylation sites is 1. The molecule has 0 saturated heterocycles. The van der Waals surface area contributed by atoms with Crippen molar-refractivity contribution in [2.24, 2.45) is 0 Å². The fourth-order valence-corrected chi connectivity index (χ4v) is 2.47. The van der Waals surface area contributed by atoms with Gasteiger partial charge in [0.2, 0.25) is 0 Å². The molecule has 0 fully saturated rings. The number of hydrogen-bond donors (Lipinski definition) is 1. The first-order valence-electron chi connectivity index (χ1n) is 7.69. The van der Waals surface area contributed by atoms with Crippen molar-refractivity contribution >= 4 is 0 Å². The van der Waals surface area contributed by atoms with Crippen LogP contribution in [-0.4, -0.2) is 36.8 Å². The lowest BCUT2D eigenvalue weighted by Crippen LogP contribution is -2.22. The van der Waals surface area contributed by atoms with Crippen LogP contribution >= 0.6 is 0 Å². The zero-order chi connectivity index (χ0) is 15.9. The largest absolute Gasteiger partial charge is 0.496 e. The van der Waals surface area contributed by atoms with Gasteiger partial charge >= 0.3 is 0 Å². The highest BCUT2D eigenvalue weighted by Crippen LogP contribution is 2.29. The Bertz CT molecular complexity index is 578. The molecule has 0 bridgehead atoms. The van der Waals surface area contributed by atoms with Crippen LogP contribution in [0.5, 0.6) is 5.75 Å². The molecule has 2 aromatic carbocycles. The Kier molecular flexibility index (Phi) is 5.99. The Morgan fingerprint density at radius 2 is 1.77 bits per heavy atom. The number of benzene rings is 2. The van der Waals surface area contributed by atoms with Crippen LogP contribution in [0.15, 0.2) is 48.5 Å². The zero-order valence-electron chi connectivity index (χ0n) is 13.6. The third-order valence-corrected chi connectivity index (χ3v) is 3.75. The normalized spacial score (nSPS) is 12.4. The van der Waals surface area contributed by atoms with Crippen LogP contribution in [-0.2, 0) is 6.54 Å². The van der Waals surface area contributed by atoms with E-state index in [9.17, 15) is 5.11 Å². The van der Waals surface area contributed by atoms with E-state index < -0.39 is 0 Å². The van der Waals surface area contributed by atoms with Crippen molar-refractivity contribution in [1.29, 1.82) is 0 Å². The maximum Gasteiger partial charge on any atom is 0.126 e. The molecule has 0 aromatic heterocycles. The lowest BCUT2D eigenvalue weighted by Gasteiger charge is -2.18. The molecule has 0 radical (unpaired) electrons. The Morgan fingerprint density at radius 1 is 1.09 bits per heavy atom. The first kappa shape index (κ1) is 16.5. The Labute approximate surface area is 133 Å². The third kappa shape index (κ3) is 4.58. The highest BCUT2D eigenvalue weighted by molar-refractivity contribution is 5.70. The highest BCUT2D eigenvalue weighted by atomic mass is 16.5. The lowest BCUT2D eigenvalue weighted by molar-refractivity contribution is 0.163. The van der Waals surface area contributed by atoms with E-state index in [0.29, 0.717) is 0 Å². The van der Waals surface area contributed by atoms with Gasteiger partial charge in [-0.1, -0.05) is 42.5 Å². The number of ether oxygens (including phenoxy) is 1.